The van der Waals surface area contributed by atoms with E-state index >= 15 is 0 Å². The molecule has 0 fully saturated rings. The van der Waals surface area contributed by atoms with Crippen LogP contribution in [0.15, 0.2) is 24.3 Å². The molecule has 394 valence electrons. The van der Waals surface area contributed by atoms with Gasteiger partial charge in [-0.2, -0.15) is 0 Å². The third-order valence-electron chi connectivity index (χ3n) is 13.5. The first-order valence-electron chi connectivity index (χ1n) is 29.8. The van der Waals surface area contributed by atoms with Crippen LogP contribution in [0.3, 0.4) is 0 Å². The molecule has 0 saturated heterocycles. The monoisotopic (exact) mass is 943 g/mol. The largest absolute Gasteiger partial charge is 0.462 e. The van der Waals surface area contributed by atoms with Gasteiger partial charge in [0.15, 0.2) is 6.10 Å². The summed E-state index contributed by atoms with van der Waals surface area (Å²) in [6.07, 6.45) is 65.9. The Balaban J connectivity index is 4.31. The maximum absolute atomic E-state index is 12.9. The van der Waals surface area contributed by atoms with Gasteiger partial charge in [0.25, 0.3) is 0 Å². The molecule has 0 saturated carbocycles. The average molecular weight is 944 g/mol. The second-order valence-electron chi connectivity index (χ2n) is 20.3. The van der Waals surface area contributed by atoms with Gasteiger partial charge in [-0.3, -0.25) is 14.4 Å². The van der Waals surface area contributed by atoms with Gasteiger partial charge in [-0.25, -0.2) is 0 Å². The number of carbonyl (C=O) groups is 3. The van der Waals surface area contributed by atoms with Gasteiger partial charge in [0.2, 0.25) is 0 Å². The number of hydrogen-bond donors (Lipinski definition) is 0. The Morgan fingerprint density at radius 2 is 0.537 bits per heavy atom. The Bertz CT molecular complexity index is 1080. The number of hydrogen-bond acceptors (Lipinski definition) is 6. The second-order valence-corrected chi connectivity index (χ2v) is 20.3. The summed E-state index contributed by atoms with van der Waals surface area (Å²) in [7, 11) is 0. The van der Waals surface area contributed by atoms with E-state index < -0.39 is 6.10 Å². The molecule has 0 aromatic heterocycles. The molecule has 0 N–H and O–H groups in total. The van der Waals surface area contributed by atoms with Crippen molar-refractivity contribution in [2.45, 2.75) is 335 Å². The fourth-order valence-corrected chi connectivity index (χ4v) is 8.95. The Morgan fingerprint density at radius 3 is 0.851 bits per heavy atom. The lowest BCUT2D eigenvalue weighted by Crippen LogP contribution is -2.30. The number of esters is 3. The van der Waals surface area contributed by atoms with Crippen molar-refractivity contribution in [3.05, 3.63) is 24.3 Å². The zero-order chi connectivity index (χ0) is 48.6. The van der Waals surface area contributed by atoms with E-state index in [0.717, 1.165) is 64.2 Å². The van der Waals surface area contributed by atoms with Crippen LogP contribution < -0.4 is 0 Å². The van der Waals surface area contributed by atoms with Crippen molar-refractivity contribution in [3.63, 3.8) is 0 Å². The van der Waals surface area contributed by atoms with Crippen molar-refractivity contribution in [1.82, 2.24) is 0 Å². The molecule has 0 heterocycles. The molecule has 0 spiro atoms. The molecule has 0 rings (SSSR count). The highest BCUT2D eigenvalue weighted by Crippen LogP contribution is 2.17. The highest BCUT2D eigenvalue weighted by atomic mass is 16.6. The maximum atomic E-state index is 12.9. The van der Waals surface area contributed by atoms with Crippen molar-refractivity contribution >= 4 is 17.9 Å². The predicted octanol–water partition coefficient (Wildman–Crippen LogP) is 19.9. The van der Waals surface area contributed by atoms with E-state index in [-0.39, 0.29) is 31.1 Å². The number of allylic oxidation sites excluding steroid dienone is 4. The molecule has 6 nitrogen and oxygen atoms in total. The van der Waals surface area contributed by atoms with Crippen molar-refractivity contribution in [2.75, 3.05) is 13.2 Å². The van der Waals surface area contributed by atoms with Crippen molar-refractivity contribution in [1.29, 1.82) is 0 Å². The van der Waals surface area contributed by atoms with Gasteiger partial charge in [0.1, 0.15) is 13.2 Å². The third-order valence-corrected chi connectivity index (χ3v) is 13.5. The highest BCUT2D eigenvalue weighted by Gasteiger charge is 2.19. The van der Waals surface area contributed by atoms with Gasteiger partial charge in [-0.05, 0) is 51.4 Å². The van der Waals surface area contributed by atoms with E-state index in [9.17, 15) is 14.4 Å². The molecule has 0 aliphatic rings. The van der Waals surface area contributed by atoms with Crippen LogP contribution in [0.25, 0.3) is 0 Å². The lowest BCUT2D eigenvalue weighted by molar-refractivity contribution is -0.167. The summed E-state index contributed by atoms with van der Waals surface area (Å²) in [4.78, 5) is 38.2. The Hall–Kier alpha value is -2.11. The third kappa shape index (κ3) is 54.7. The van der Waals surface area contributed by atoms with Crippen LogP contribution in [0.1, 0.15) is 329 Å². The van der Waals surface area contributed by atoms with Crippen molar-refractivity contribution < 1.29 is 28.6 Å². The molecule has 67 heavy (non-hydrogen) atoms. The van der Waals surface area contributed by atoms with E-state index in [4.69, 9.17) is 14.2 Å². The molecule has 6 heteroatoms. The summed E-state index contributed by atoms with van der Waals surface area (Å²) in [6.45, 7) is 6.67. The Labute approximate surface area is 417 Å². The van der Waals surface area contributed by atoms with Gasteiger partial charge in [0, 0.05) is 19.3 Å². The molecule has 0 aromatic rings. The van der Waals surface area contributed by atoms with E-state index in [2.05, 4.69) is 45.1 Å². The quantitative estimate of drug-likeness (QED) is 0.0262. The van der Waals surface area contributed by atoms with E-state index in [1.807, 2.05) is 0 Å². The summed E-state index contributed by atoms with van der Waals surface area (Å²) in [5.41, 5.74) is 0. The van der Waals surface area contributed by atoms with Crippen molar-refractivity contribution in [3.8, 4) is 0 Å². The molecule has 1 atom stereocenters. The van der Waals surface area contributed by atoms with Crippen LogP contribution in [0.4, 0.5) is 0 Å². The minimum atomic E-state index is -0.768. The molecule has 0 aromatic carbocycles. The first-order chi connectivity index (χ1) is 33.0. The fourth-order valence-electron chi connectivity index (χ4n) is 8.95. The van der Waals surface area contributed by atoms with Crippen LogP contribution >= 0.6 is 0 Å². The molecule has 0 unspecified atom stereocenters. The number of ether oxygens (including phenoxy) is 3. The van der Waals surface area contributed by atoms with Crippen LogP contribution in [-0.4, -0.2) is 37.2 Å². The zero-order valence-electron chi connectivity index (χ0n) is 45.2. The minimum Gasteiger partial charge on any atom is -0.462 e. The summed E-state index contributed by atoms with van der Waals surface area (Å²) in [6, 6.07) is 0. The maximum Gasteiger partial charge on any atom is 0.306 e. The van der Waals surface area contributed by atoms with E-state index in [0.29, 0.717) is 19.3 Å². The smallest absolute Gasteiger partial charge is 0.306 e. The van der Waals surface area contributed by atoms with E-state index in [1.54, 1.807) is 0 Å². The predicted molar refractivity (Wildman–Crippen MR) is 289 cm³/mol. The molecule has 0 radical (unpaired) electrons. The van der Waals surface area contributed by atoms with Gasteiger partial charge in [-0.15, -0.1) is 0 Å². The summed E-state index contributed by atoms with van der Waals surface area (Å²) in [5, 5.41) is 0. The standard InChI is InChI=1S/C61H114O6/c1-4-7-10-13-16-19-22-25-28-30-31-32-34-36-39-42-45-48-51-54-60(63)66-57-58(56-65-59(62)53-50-47-44-41-38-35-27-24-21-18-15-12-9-6-3)67-61(64)55-52-49-46-43-40-37-33-29-26-23-20-17-14-11-8-5-2/h16,19,25,28,58H,4-15,17-18,20-24,26-27,29-57H2,1-3H3/b19-16+,28-25+/t58-/m1/s1. The summed E-state index contributed by atoms with van der Waals surface area (Å²) in [5.74, 6) is -0.847. The lowest BCUT2D eigenvalue weighted by atomic mass is 10.0. The van der Waals surface area contributed by atoms with Gasteiger partial charge in [-0.1, -0.05) is 283 Å². The summed E-state index contributed by atoms with van der Waals surface area (Å²) >= 11 is 0. The molecular weight excluding hydrogens is 829 g/mol. The molecule has 0 bridgehead atoms. The summed E-state index contributed by atoms with van der Waals surface area (Å²) < 4.78 is 16.9. The van der Waals surface area contributed by atoms with Gasteiger partial charge < -0.3 is 14.2 Å². The van der Waals surface area contributed by atoms with Gasteiger partial charge in [0.05, 0.1) is 0 Å². The molecule has 0 aliphatic heterocycles. The first-order valence-corrected chi connectivity index (χ1v) is 29.8. The van der Waals surface area contributed by atoms with Crippen molar-refractivity contribution in [2.24, 2.45) is 0 Å². The Kier molecular flexibility index (Phi) is 54.7. The van der Waals surface area contributed by atoms with Crippen LogP contribution in [-0.2, 0) is 28.6 Å². The number of rotatable bonds is 55. The Morgan fingerprint density at radius 1 is 0.299 bits per heavy atom. The first kappa shape index (κ1) is 64.9. The fraction of sp³-hybridized carbons (Fsp3) is 0.885. The second kappa shape index (κ2) is 56.5. The normalized spacial score (nSPS) is 12.1. The highest BCUT2D eigenvalue weighted by molar-refractivity contribution is 5.71. The number of carbonyl (C=O) groups excluding carboxylic acids is 3. The number of unbranched alkanes of at least 4 members (excludes halogenated alkanes) is 40. The lowest BCUT2D eigenvalue weighted by Gasteiger charge is -2.18. The SMILES string of the molecule is CCCCC/C=C/C/C=C/CCCCCCCCCCCC(=O)OC[C@@H](COC(=O)CCCCCCCCCCCCCCCC)OC(=O)CCCCCCCCCCCCCCCCCC. The van der Waals surface area contributed by atoms with E-state index in [1.165, 1.54) is 225 Å². The van der Waals surface area contributed by atoms with Crippen LogP contribution in [0.5, 0.6) is 0 Å². The minimum absolute atomic E-state index is 0.0665. The van der Waals surface area contributed by atoms with Crippen LogP contribution in [0.2, 0.25) is 0 Å². The van der Waals surface area contributed by atoms with Crippen LogP contribution in [0, 0.1) is 0 Å². The van der Waals surface area contributed by atoms with Gasteiger partial charge >= 0.3 is 17.9 Å². The topological polar surface area (TPSA) is 78.9 Å². The molecule has 0 aliphatic carbocycles. The zero-order valence-corrected chi connectivity index (χ0v) is 45.2. The molecular formula is C61H114O6. The average Bonchev–Trinajstić information content (AvgIpc) is 3.33. The molecule has 0 amide bonds.